The second-order valence-corrected chi connectivity index (χ2v) is 6.47. The van der Waals surface area contributed by atoms with Crippen LogP contribution in [0.15, 0.2) is 30.3 Å². The predicted octanol–water partition coefficient (Wildman–Crippen LogP) is 2.82. The predicted molar refractivity (Wildman–Crippen MR) is 91.7 cm³/mol. The maximum atomic E-state index is 12.4. The van der Waals surface area contributed by atoms with E-state index in [-0.39, 0.29) is 5.91 Å². The molecule has 1 fully saturated rings. The van der Waals surface area contributed by atoms with Crippen LogP contribution < -0.4 is 0 Å². The van der Waals surface area contributed by atoms with E-state index in [9.17, 15) is 4.79 Å². The number of H-pyrrole nitrogens is 1. The van der Waals surface area contributed by atoms with Gasteiger partial charge in [-0.3, -0.25) is 9.89 Å². The SMILES string of the molecule is Cn1c(C2CCN(C(=O)CCc3ccccc3)CC2)n[nH]c1=S. The average Bonchev–Trinajstić information content (AvgIpc) is 2.93. The molecule has 2 heterocycles. The van der Waals surface area contributed by atoms with Crippen LogP contribution >= 0.6 is 12.2 Å². The molecule has 0 atom stereocenters. The molecule has 0 radical (unpaired) electrons. The topological polar surface area (TPSA) is 53.9 Å². The maximum Gasteiger partial charge on any atom is 0.222 e. The second kappa shape index (κ2) is 7.08. The number of benzene rings is 1. The lowest BCUT2D eigenvalue weighted by atomic mass is 9.95. The summed E-state index contributed by atoms with van der Waals surface area (Å²) < 4.78 is 2.59. The number of piperidine rings is 1. The first-order valence-electron chi connectivity index (χ1n) is 8.08. The normalized spacial score (nSPS) is 15.8. The quantitative estimate of drug-likeness (QED) is 0.877. The van der Waals surface area contributed by atoms with E-state index in [0.717, 1.165) is 38.2 Å². The first-order valence-corrected chi connectivity index (χ1v) is 8.49. The lowest BCUT2D eigenvalue weighted by molar-refractivity contribution is -0.132. The van der Waals surface area contributed by atoms with Crippen LogP contribution in [-0.2, 0) is 18.3 Å². The summed E-state index contributed by atoms with van der Waals surface area (Å²) in [6.45, 7) is 1.61. The minimum absolute atomic E-state index is 0.252. The van der Waals surface area contributed by atoms with Gasteiger partial charge >= 0.3 is 0 Å². The van der Waals surface area contributed by atoms with Gasteiger partial charge in [-0.05, 0) is 37.0 Å². The van der Waals surface area contributed by atoms with Crippen molar-refractivity contribution in [1.82, 2.24) is 19.7 Å². The number of aryl methyl sites for hydroxylation is 1. The van der Waals surface area contributed by atoms with Gasteiger partial charge in [0.1, 0.15) is 5.82 Å². The number of aromatic amines is 1. The fourth-order valence-electron chi connectivity index (χ4n) is 3.17. The second-order valence-electron chi connectivity index (χ2n) is 6.09. The standard InChI is InChI=1S/C17H22N4OS/c1-20-16(18-19-17(20)23)14-9-11-21(12-10-14)15(22)8-7-13-5-3-2-4-6-13/h2-6,14H,7-12H2,1H3,(H,19,23). The Bertz CT molecular complexity index is 714. The number of likely N-dealkylation sites (tertiary alicyclic amines) is 1. The van der Waals surface area contributed by atoms with Crippen molar-refractivity contribution in [3.8, 4) is 0 Å². The van der Waals surface area contributed by atoms with Gasteiger partial charge in [0.25, 0.3) is 0 Å². The van der Waals surface area contributed by atoms with Crippen LogP contribution in [0, 0.1) is 4.77 Å². The van der Waals surface area contributed by atoms with Gasteiger partial charge in [0.15, 0.2) is 4.77 Å². The van der Waals surface area contributed by atoms with E-state index in [1.165, 1.54) is 5.56 Å². The van der Waals surface area contributed by atoms with E-state index in [0.29, 0.717) is 17.1 Å². The summed E-state index contributed by atoms with van der Waals surface area (Å²) in [5.74, 6) is 1.64. The summed E-state index contributed by atoms with van der Waals surface area (Å²) in [7, 11) is 1.94. The van der Waals surface area contributed by atoms with Crippen molar-refractivity contribution in [3.63, 3.8) is 0 Å². The third-order valence-electron chi connectivity index (χ3n) is 4.60. The fourth-order valence-corrected chi connectivity index (χ4v) is 3.30. The number of hydrogen-bond donors (Lipinski definition) is 1. The molecule has 2 aromatic rings. The van der Waals surface area contributed by atoms with Gasteiger partial charge in [-0.2, -0.15) is 5.10 Å². The van der Waals surface area contributed by atoms with Crippen LogP contribution in [0.5, 0.6) is 0 Å². The highest BCUT2D eigenvalue weighted by molar-refractivity contribution is 7.71. The minimum Gasteiger partial charge on any atom is -0.343 e. The van der Waals surface area contributed by atoms with Crippen molar-refractivity contribution in [1.29, 1.82) is 0 Å². The number of rotatable bonds is 4. The largest absolute Gasteiger partial charge is 0.343 e. The highest BCUT2D eigenvalue weighted by Gasteiger charge is 2.26. The summed E-state index contributed by atoms with van der Waals surface area (Å²) in [4.78, 5) is 14.4. The van der Waals surface area contributed by atoms with E-state index in [2.05, 4.69) is 22.3 Å². The van der Waals surface area contributed by atoms with Gasteiger partial charge < -0.3 is 9.47 Å². The molecule has 1 aromatic heterocycles. The molecule has 0 spiro atoms. The minimum atomic E-state index is 0.252. The molecule has 1 amide bonds. The molecule has 1 aliphatic heterocycles. The van der Waals surface area contributed by atoms with Crippen molar-refractivity contribution in [2.75, 3.05) is 13.1 Å². The Hall–Kier alpha value is -1.95. The summed E-state index contributed by atoms with van der Waals surface area (Å²) >= 11 is 5.17. The lowest BCUT2D eigenvalue weighted by Gasteiger charge is -2.31. The Labute approximate surface area is 141 Å². The van der Waals surface area contributed by atoms with Gasteiger partial charge in [-0.1, -0.05) is 30.3 Å². The molecule has 1 N–H and O–H groups in total. The smallest absolute Gasteiger partial charge is 0.222 e. The zero-order valence-corrected chi connectivity index (χ0v) is 14.2. The Kier molecular flexibility index (Phi) is 4.91. The molecule has 3 rings (SSSR count). The molecule has 1 aromatic carbocycles. The van der Waals surface area contributed by atoms with Crippen LogP contribution in [0.3, 0.4) is 0 Å². The molecular weight excluding hydrogens is 308 g/mol. The highest BCUT2D eigenvalue weighted by Crippen LogP contribution is 2.26. The van der Waals surface area contributed by atoms with Gasteiger partial charge in [0.05, 0.1) is 0 Å². The molecule has 122 valence electrons. The summed E-state index contributed by atoms with van der Waals surface area (Å²) in [6.07, 6.45) is 3.30. The zero-order chi connectivity index (χ0) is 16.2. The Morgan fingerprint density at radius 3 is 2.61 bits per heavy atom. The summed E-state index contributed by atoms with van der Waals surface area (Å²) in [5.41, 5.74) is 1.22. The first-order chi connectivity index (χ1) is 11.1. The number of hydrogen-bond acceptors (Lipinski definition) is 3. The number of amides is 1. The van der Waals surface area contributed by atoms with E-state index in [4.69, 9.17) is 12.2 Å². The molecule has 0 bridgehead atoms. The van der Waals surface area contributed by atoms with Crippen LogP contribution in [-0.4, -0.2) is 38.7 Å². The Morgan fingerprint density at radius 2 is 2.00 bits per heavy atom. The number of carbonyl (C=O) groups excluding carboxylic acids is 1. The van der Waals surface area contributed by atoms with Crippen molar-refractivity contribution >= 4 is 18.1 Å². The Morgan fingerprint density at radius 1 is 1.30 bits per heavy atom. The molecule has 6 heteroatoms. The van der Waals surface area contributed by atoms with Gasteiger partial charge in [-0.25, -0.2) is 0 Å². The molecule has 23 heavy (non-hydrogen) atoms. The van der Waals surface area contributed by atoms with Crippen molar-refractivity contribution < 1.29 is 4.79 Å². The third kappa shape index (κ3) is 3.69. The fraction of sp³-hybridized carbons (Fsp3) is 0.471. The molecule has 0 aliphatic carbocycles. The number of nitrogens with zero attached hydrogens (tertiary/aromatic N) is 3. The van der Waals surface area contributed by atoms with Crippen LogP contribution in [0.4, 0.5) is 0 Å². The zero-order valence-electron chi connectivity index (χ0n) is 13.4. The number of aromatic nitrogens is 3. The molecule has 0 unspecified atom stereocenters. The molecular formula is C17H22N4OS. The molecule has 1 saturated heterocycles. The van der Waals surface area contributed by atoms with Crippen LogP contribution in [0.1, 0.15) is 36.6 Å². The van der Waals surface area contributed by atoms with Gasteiger partial charge in [-0.15, -0.1) is 0 Å². The average molecular weight is 330 g/mol. The Balaban J connectivity index is 1.51. The first kappa shape index (κ1) is 15.9. The molecule has 5 nitrogen and oxygen atoms in total. The van der Waals surface area contributed by atoms with E-state index in [1.807, 2.05) is 34.7 Å². The maximum absolute atomic E-state index is 12.4. The van der Waals surface area contributed by atoms with E-state index < -0.39 is 0 Å². The van der Waals surface area contributed by atoms with Gasteiger partial charge in [0, 0.05) is 32.5 Å². The lowest BCUT2D eigenvalue weighted by Crippen LogP contribution is -2.38. The molecule has 0 saturated carbocycles. The number of carbonyl (C=O) groups is 1. The van der Waals surface area contributed by atoms with Crippen molar-refractivity contribution in [2.45, 2.75) is 31.6 Å². The monoisotopic (exact) mass is 330 g/mol. The van der Waals surface area contributed by atoms with Crippen molar-refractivity contribution in [3.05, 3.63) is 46.5 Å². The van der Waals surface area contributed by atoms with Crippen LogP contribution in [0.25, 0.3) is 0 Å². The third-order valence-corrected chi connectivity index (χ3v) is 4.96. The molecule has 1 aliphatic rings. The van der Waals surface area contributed by atoms with Crippen molar-refractivity contribution in [2.24, 2.45) is 7.05 Å². The van der Waals surface area contributed by atoms with E-state index >= 15 is 0 Å². The summed E-state index contributed by atoms with van der Waals surface area (Å²) in [6, 6.07) is 10.2. The van der Waals surface area contributed by atoms with Crippen LogP contribution in [0.2, 0.25) is 0 Å². The van der Waals surface area contributed by atoms with E-state index in [1.54, 1.807) is 0 Å². The number of nitrogens with one attached hydrogen (secondary N) is 1. The van der Waals surface area contributed by atoms with Gasteiger partial charge in [0.2, 0.25) is 5.91 Å². The highest BCUT2D eigenvalue weighted by atomic mass is 32.1. The summed E-state index contributed by atoms with van der Waals surface area (Å²) in [5, 5.41) is 7.17.